The molecule has 5 heteroatoms. The highest BCUT2D eigenvalue weighted by Gasteiger charge is 2.16. The number of benzene rings is 3. The van der Waals surface area contributed by atoms with Gasteiger partial charge in [0.2, 0.25) is 0 Å². The molecule has 3 rings (SSSR count). The van der Waals surface area contributed by atoms with Crippen LogP contribution in [0.2, 0.25) is 0 Å². The zero-order valence-electron chi connectivity index (χ0n) is 16.8. The molecule has 0 aromatic heterocycles. The minimum absolute atomic E-state index is 0.192. The van der Waals surface area contributed by atoms with Crippen molar-refractivity contribution in [2.24, 2.45) is 0 Å². The highest BCUT2D eigenvalue weighted by atomic mass is 32.2. The van der Waals surface area contributed by atoms with Crippen LogP contribution in [-0.4, -0.2) is 19.1 Å². The molecule has 0 saturated heterocycles. The van der Waals surface area contributed by atoms with E-state index >= 15 is 0 Å². The van der Waals surface area contributed by atoms with Gasteiger partial charge in [0.15, 0.2) is 6.10 Å². The molecule has 0 aliphatic heterocycles. The molecular formula is C24H25NO3S. The van der Waals surface area contributed by atoms with E-state index in [0.717, 1.165) is 17.0 Å². The highest BCUT2D eigenvalue weighted by Crippen LogP contribution is 2.25. The number of carbonyl (C=O) groups is 1. The molecule has 29 heavy (non-hydrogen) atoms. The molecule has 3 aromatic carbocycles. The van der Waals surface area contributed by atoms with Crippen molar-refractivity contribution in [1.29, 1.82) is 0 Å². The van der Waals surface area contributed by atoms with Gasteiger partial charge in [0.05, 0.1) is 7.11 Å². The van der Waals surface area contributed by atoms with E-state index in [1.807, 2.05) is 49.4 Å². The normalized spacial score (nSPS) is 11.6. The van der Waals surface area contributed by atoms with Gasteiger partial charge in [0, 0.05) is 22.4 Å². The second-order valence-corrected chi connectivity index (χ2v) is 7.73. The van der Waals surface area contributed by atoms with Crippen molar-refractivity contribution in [1.82, 2.24) is 0 Å². The molecule has 0 spiro atoms. The Morgan fingerprint density at radius 2 is 1.76 bits per heavy atom. The lowest BCUT2D eigenvalue weighted by molar-refractivity contribution is -0.122. The van der Waals surface area contributed by atoms with E-state index in [1.54, 1.807) is 37.9 Å². The van der Waals surface area contributed by atoms with Crippen molar-refractivity contribution in [3.8, 4) is 11.5 Å². The molecule has 1 atom stereocenters. The number of amides is 1. The first-order chi connectivity index (χ1) is 14.0. The summed E-state index contributed by atoms with van der Waals surface area (Å²) in [6, 6.07) is 23.6. The van der Waals surface area contributed by atoms with Gasteiger partial charge in [-0.2, -0.15) is 0 Å². The number of hydrogen-bond donors (Lipinski definition) is 1. The third kappa shape index (κ3) is 6.03. The number of methoxy groups -OCH3 is 1. The fourth-order valence-corrected chi connectivity index (χ4v) is 3.67. The van der Waals surface area contributed by atoms with Crippen LogP contribution >= 0.6 is 11.8 Å². The molecule has 0 bridgehead atoms. The van der Waals surface area contributed by atoms with E-state index in [0.29, 0.717) is 11.5 Å². The predicted molar refractivity (Wildman–Crippen MR) is 119 cm³/mol. The van der Waals surface area contributed by atoms with Gasteiger partial charge in [0.25, 0.3) is 5.91 Å². The highest BCUT2D eigenvalue weighted by molar-refractivity contribution is 7.98. The first-order valence-electron chi connectivity index (χ1n) is 9.44. The van der Waals surface area contributed by atoms with E-state index in [-0.39, 0.29) is 5.91 Å². The van der Waals surface area contributed by atoms with Gasteiger partial charge in [0.1, 0.15) is 11.5 Å². The molecule has 3 aromatic rings. The summed E-state index contributed by atoms with van der Waals surface area (Å²) < 4.78 is 10.9. The number of nitrogens with one attached hydrogen (secondary N) is 1. The molecule has 4 nitrogen and oxygen atoms in total. The molecule has 0 fully saturated rings. The summed E-state index contributed by atoms with van der Waals surface area (Å²) in [4.78, 5) is 13.8. The van der Waals surface area contributed by atoms with Crippen LogP contribution in [0.25, 0.3) is 0 Å². The summed E-state index contributed by atoms with van der Waals surface area (Å²) in [7, 11) is 1.60. The van der Waals surface area contributed by atoms with Gasteiger partial charge >= 0.3 is 0 Å². The maximum atomic E-state index is 12.5. The maximum absolute atomic E-state index is 12.5. The zero-order chi connectivity index (χ0) is 20.6. The largest absolute Gasteiger partial charge is 0.497 e. The fraction of sp³-hybridized carbons (Fsp3) is 0.208. The number of anilines is 1. The molecular weight excluding hydrogens is 382 g/mol. The van der Waals surface area contributed by atoms with Crippen LogP contribution in [-0.2, 0) is 10.5 Å². The van der Waals surface area contributed by atoms with Crippen LogP contribution in [0.3, 0.4) is 0 Å². The monoisotopic (exact) mass is 407 g/mol. The average Bonchev–Trinajstić information content (AvgIpc) is 2.74. The summed E-state index contributed by atoms with van der Waals surface area (Å²) in [5.74, 6) is 1.98. The van der Waals surface area contributed by atoms with Gasteiger partial charge < -0.3 is 14.8 Å². The molecule has 0 saturated carbocycles. The lowest BCUT2D eigenvalue weighted by Gasteiger charge is -2.16. The SMILES string of the molecule is COc1cccc(O[C@@H](C)C(=O)Nc2ccc(CSc3ccccc3)cc2C)c1. The van der Waals surface area contributed by atoms with Gasteiger partial charge in [-0.3, -0.25) is 4.79 Å². The minimum Gasteiger partial charge on any atom is -0.497 e. The van der Waals surface area contributed by atoms with Gasteiger partial charge in [-0.25, -0.2) is 0 Å². The Kier molecular flexibility index (Phi) is 7.19. The molecule has 0 aliphatic carbocycles. The topological polar surface area (TPSA) is 47.6 Å². The molecule has 1 N–H and O–H groups in total. The van der Waals surface area contributed by atoms with Gasteiger partial charge in [-0.15, -0.1) is 11.8 Å². The molecule has 150 valence electrons. The summed E-state index contributed by atoms with van der Waals surface area (Å²) in [6.07, 6.45) is -0.630. The van der Waals surface area contributed by atoms with Crippen LogP contribution in [0.15, 0.2) is 77.7 Å². The molecule has 0 heterocycles. The minimum atomic E-state index is -0.630. The van der Waals surface area contributed by atoms with Crippen molar-refractivity contribution in [3.05, 3.63) is 83.9 Å². The summed E-state index contributed by atoms with van der Waals surface area (Å²) in [5.41, 5.74) is 3.04. The lowest BCUT2D eigenvalue weighted by atomic mass is 10.1. The van der Waals surface area contributed by atoms with E-state index < -0.39 is 6.10 Å². The smallest absolute Gasteiger partial charge is 0.265 e. The first kappa shape index (κ1) is 20.8. The number of rotatable bonds is 8. The zero-order valence-corrected chi connectivity index (χ0v) is 17.7. The average molecular weight is 408 g/mol. The second-order valence-electron chi connectivity index (χ2n) is 6.68. The van der Waals surface area contributed by atoms with Crippen LogP contribution < -0.4 is 14.8 Å². The Balaban J connectivity index is 1.58. The van der Waals surface area contributed by atoms with Crippen molar-refractivity contribution in [2.75, 3.05) is 12.4 Å². The third-order valence-electron chi connectivity index (χ3n) is 4.42. The van der Waals surface area contributed by atoms with E-state index in [4.69, 9.17) is 9.47 Å². The summed E-state index contributed by atoms with van der Waals surface area (Å²) >= 11 is 1.79. The van der Waals surface area contributed by atoms with Crippen molar-refractivity contribution in [2.45, 2.75) is 30.6 Å². The third-order valence-corrected chi connectivity index (χ3v) is 5.50. The number of ether oxygens (including phenoxy) is 2. The molecule has 0 radical (unpaired) electrons. The van der Waals surface area contributed by atoms with Gasteiger partial charge in [-0.1, -0.05) is 36.4 Å². The van der Waals surface area contributed by atoms with E-state index in [1.165, 1.54) is 10.5 Å². The maximum Gasteiger partial charge on any atom is 0.265 e. The second kappa shape index (κ2) is 10.0. The molecule has 0 aliphatic rings. The quantitative estimate of drug-likeness (QED) is 0.487. The number of hydrogen-bond acceptors (Lipinski definition) is 4. The molecule has 1 amide bonds. The Hall–Kier alpha value is -2.92. The van der Waals surface area contributed by atoms with Crippen molar-refractivity contribution < 1.29 is 14.3 Å². The first-order valence-corrected chi connectivity index (χ1v) is 10.4. The van der Waals surface area contributed by atoms with Crippen LogP contribution in [0.1, 0.15) is 18.1 Å². The summed E-state index contributed by atoms with van der Waals surface area (Å²) in [5, 5.41) is 2.96. The number of thioether (sulfide) groups is 1. The fourth-order valence-electron chi connectivity index (χ4n) is 2.81. The van der Waals surface area contributed by atoms with E-state index in [2.05, 4.69) is 23.5 Å². The Morgan fingerprint density at radius 3 is 2.48 bits per heavy atom. The van der Waals surface area contributed by atoms with Crippen molar-refractivity contribution >= 4 is 23.4 Å². The van der Waals surface area contributed by atoms with E-state index in [9.17, 15) is 4.79 Å². The number of aryl methyl sites for hydroxylation is 1. The van der Waals surface area contributed by atoms with Crippen LogP contribution in [0.4, 0.5) is 5.69 Å². The predicted octanol–water partition coefficient (Wildman–Crippen LogP) is 5.70. The Labute approximate surface area is 176 Å². The molecule has 0 unspecified atom stereocenters. The van der Waals surface area contributed by atoms with Crippen LogP contribution in [0.5, 0.6) is 11.5 Å². The summed E-state index contributed by atoms with van der Waals surface area (Å²) in [6.45, 7) is 3.73. The van der Waals surface area contributed by atoms with Crippen LogP contribution in [0, 0.1) is 6.92 Å². The Bertz CT molecular complexity index is 959. The Morgan fingerprint density at radius 1 is 1.00 bits per heavy atom. The van der Waals surface area contributed by atoms with Crippen molar-refractivity contribution in [3.63, 3.8) is 0 Å². The number of carbonyl (C=O) groups excluding carboxylic acids is 1. The lowest BCUT2D eigenvalue weighted by Crippen LogP contribution is -2.30. The standard InChI is InChI=1S/C24H25NO3S/c1-17-14-19(16-29-22-10-5-4-6-11-22)12-13-23(17)25-24(26)18(2)28-21-9-7-8-20(15-21)27-3/h4-15,18H,16H2,1-3H3,(H,25,26)/t18-/m0/s1. The van der Waals surface area contributed by atoms with Gasteiger partial charge in [-0.05, 0) is 55.3 Å².